The molecule has 16 heavy (non-hydrogen) atoms. The summed E-state index contributed by atoms with van der Waals surface area (Å²) >= 11 is 1.20. The second-order valence-electron chi connectivity index (χ2n) is 2.98. The number of thioether (sulfide) groups is 1. The lowest BCUT2D eigenvalue weighted by atomic mass is 10.2. The molecule has 1 N–H and O–H groups in total. The summed E-state index contributed by atoms with van der Waals surface area (Å²) in [6, 6.07) is 3.19. The summed E-state index contributed by atoms with van der Waals surface area (Å²) in [5, 5.41) is 8.78. The fraction of sp³-hybridized carbons (Fsp3) is 0.182. The minimum Gasteiger partial charge on any atom is -0.477 e. The van der Waals surface area contributed by atoms with Crippen LogP contribution in [-0.4, -0.2) is 26.9 Å². The molecule has 0 atom stereocenters. The number of pyridine rings is 1. The molecule has 0 aromatic carbocycles. The van der Waals surface area contributed by atoms with E-state index in [9.17, 15) is 9.59 Å². The summed E-state index contributed by atoms with van der Waals surface area (Å²) in [5.41, 5.74) is 0.776. The number of carboxylic acids is 1. The molecular formula is C11H11NO3S. The van der Waals surface area contributed by atoms with E-state index in [2.05, 4.69) is 4.98 Å². The molecule has 0 aliphatic heterocycles. The van der Waals surface area contributed by atoms with Gasteiger partial charge in [0.05, 0.1) is 0 Å². The maximum atomic E-state index is 10.6. The maximum absolute atomic E-state index is 10.6. The summed E-state index contributed by atoms with van der Waals surface area (Å²) in [4.78, 5) is 25.0. The van der Waals surface area contributed by atoms with Crippen molar-refractivity contribution in [2.24, 2.45) is 0 Å². The van der Waals surface area contributed by atoms with Gasteiger partial charge in [0.25, 0.3) is 0 Å². The molecule has 4 nitrogen and oxygen atoms in total. The van der Waals surface area contributed by atoms with Gasteiger partial charge in [-0.25, -0.2) is 9.78 Å². The molecule has 0 saturated carbocycles. The van der Waals surface area contributed by atoms with Crippen LogP contribution in [0.15, 0.2) is 24.4 Å². The van der Waals surface area contributed by atoms with E-state index >= 15 is 0 Å². The third-order valence-corrected chi connectivity index (χ3v) is 2.46. The topological polar surface area (TPSA) is 67.3 Å². The fourth-order valence-corrected chi connectivity index (χ4v) is 1.44. The van der Waals surface area contributed by atoms with Gasteiger partial charge >= 0.3 is 5.97 Å². The Kier molecular flexibility index (Phi) is 4.72. The molecule has 0 saturated heterocycles. The van der Waals surface area contributed by atoms with E-state index in [0.717, 1.165) is 5.56 Å². The molecule has 0 fully saturated rings. The van der Waals surface area contributed by atoms with Gasteiger partial charge in [0.2, 0.25) is 0 Å². The first-order chi connectivity index (χ1) is 7.59. The van der Waals surface area contributed by atoms with E-state index in [0.29, 0.717) is 5.75 Å². The van der Waals surface area contributed by atoms with Crippen molar-refractivity contribution in [3.05, 3.63) is 35.7 Å². The third-order valence-electron chi connectivity index (χ3n) is 1.70. The molecule has 1 heterocycles. The number of hydrogen-bond donors (Lipinski definition) is 1. The smallest absolute Gasteiger partial charge is 0.354 e. The molecule has 0 unspecified atom stereocenters. The van der Waals surface area contributed by atoms with Crippen molar-refractivity contribution in [2.45, 2.75) is 6.92 Å². The van der Waals surface area contributed by atoms with E-state index in [1.807, 2.05) is 6.08 Å². The van der Waals surface area contributed by atoms with Gasteiger partial charge in [-0.1, -0.05) is 23.9 Å². The van der Waals surface area contributed by atoms with Crippen molar-refractivity contribution in [1.82, 2.24) is 4.98 Å². The number of carbonyl (C=O) groups excluding carboxylic acids is 1. The van der Waals surface area contributed by atoms with Gasteiger partial charge in [-0.05, 0) is 17.7 Å². The Morgan fingerprint density at radius 3 is 2.94 bits per heavy atom. The molecule has 1 aromatic rings. The van der Waals surface area contributed by atoms with Crippen LogP contribution >= 0.6 is 11.8 Å². The zero-order valence-corrected chi connectivity index (χ0v) is 9.53. The monoisotopic (exact) mass is 237 g/mol. The number of hydrogen-bond acceptors (Lipinski definition) is 4. The lowest BCUT2D eigenvalue weighted by molar-refractivity contribution is -0.109. The van der Waals surface area contributed by atoms with Gasteiger partial charge in [-0.15, -0.1) is 0 Å². The van der Waals surface area contributed by atoms with Crippen molar-refractivity contribution in [2.75, 3.05) is 5.75 Å². The highest BCUT2D eigenvalue weighted by atomic mass is 32.2. The largest absolute Gasteiger partial charge is 0.477 e. The van der Waals surface area contributed by atoms with Gasteiger partial charge in [0.1, 0.15) is 5.69 Å². The fourth-order valence-electron chi connectivity index (χ4n) is 1.02. The number of carboxylic acid groups (broad SMARTS) is 1. The first-order valence-electron chi connectivity index (χ1n) is 4.59. The number of carbonyl (C=O) groups is 2. The van der Waals surface area contributed by atoms with Gasteiger partial charge in [0, 0.05) is 18.9 Å². The summed E-state index contributed by atoms with van der Waals surface area (Å²) in [6.07, 6.45) is 5.03. The van der Waals surface area contributed by atoms with E-state index in [-0.39, 0.29) is 10.8 Å². The summed E-state index contributed by atoms with van der Waals surface area (Å²) in [7, 11) is 0. The van der Waals surface area contributed by atoms with Crippen molar-refractivity contribution < 1.29 is 14.7 Å². The summed E-state index contributed by atoms with van der Waals surface area (Å²) < 4.78 is 0. The minimum atomic E-state index is -1.05. The highest BCUT2D eigenvalue weighted by molar-refractivity contribution is 8.13. The van der Waals surface area contributed by atoms with Gasteiger partial charge < -0.3 is 5.11 Å². The molecule has 84 valence electrons. The summed E-state index contributed by atoms with van der Waals surface area (Å²) in [5.74, 6) is -0.464. The van der Waals surface area contributed by atoms with Gasteiger partial charge in [-0.3, -0.25) is 4.79 Å². The zero-order chi connectivity index (χ0) is 12.0. The lowest BCUT2D eigenvalue weighted by Gasteiger charge is -1.95. The number of rotatable bonds is 4. The van der Waals surface area contributed by atoms with Crippen LogP contribution < -0.4 is 0 Å². The van der Waals surface area contributed by atoms with Crippen molar-refractivity contribution in [3.63, 3.8) is 0 Å². The van der Waals surface area contributed by atoms with Crippen LogP contribution in [0.1, 0.15) is 23.0 Å². The Morgan fingerprint density at radius 2 is 2.31 bits per heavy atom. The Hall–Kier alpha value is -1.62. The molecule has 0 aliphatic rings. The van der Waals surface area contributed by atoms with Crippen LogP contribution in [-0.2, 0) is 4.79 Å². The third kappa shape index (κ3) is 4.27. The highest BCUT2D eigenvalue weighted by Gasteiger charge is 2.02. The molecule has 0 radical (unpaired) electrons. The molecule has 0 aliphatic carbocycles. The first-order valence-corrected chi connectivity index (χ1v) is 5.57. The molecule has 0 bridgehead atoms. The minimum absolute atomic E-state index is 0.0152. The van der Waals surface area contributed by atoms with Gasteiger partial charge in [-0.2, -0.15) is 0 Å². The maximum Gasteiger partial charge on any atom is 0.354 e. The second-order valence-corrected chi connectivity index (χ2v) is 4.18. The standard InChI is InChI=1S/C11H11NO3S/c1-8(13)16-6-2-3-9-4-5-12-10(7-9)11(14)15/h2-5,7H,6H2,1H3,(H,14,15). The van der Waals surface area contributed by atoms with Crippen LogP contribution in [0.3, 0.4) is 0 Å². The normalized spacial score (nSPS) is 10.6. The van der Waals surface area contributed by atoms with Crippen molar-refractivity contribution in [1.29, 1.82) is 0 Å². The van der Waals surface area contributed by atoms with E-state index in [1.165, 1.54) is 30.9 Å². The average molecular weight is 237 g/mol. The van der Waals surface area contributed by atoms with Crippen molar-refractivity contribution in [3.8, 4) is 0 Å². The first kappa shape index (κ1) is 12.4. The van der Waals surface area contributed by atoms with Crippen LogP contribution in [0.25, 0.3) is 6.08 Å². The highest BCUT2D eigenvalue weighted by Crippen LogP contribution is 2.07. The molecule has 1 rings (SSSR count). The van der Waals surface area contributed by atoms with Crippen LogP contribution in [0.5, 0.6) is 0 Å². The Labute approximate surface area is 97.4 Å². The number of aromatic carboxylic acids is 1. The molecular weight excluding hydrogens is 226 g/mol. The Balaban J connectivity index is 2.63. The molecule has 0 amide bonds. The molecule has 5 heteroatoms. The number of aromatic nitrogens is 1. The predicted molar refractivity (Wildman–Crippen MR) is 63.4 cm³/mol. The Morgan fingerprint density at radius 1 is 1.56 bits per heavy atom. The van der Waals surface area contributed by atoms with E-state index in [4.69, 9.17) is 5.11 Å². The average Bonchev–Trinajstić information content (AvgIpc) is 2.24. The molecule has 0 spiro atoms. The zero-order valence-electron chi connectivity index (χ0n) is 8.71. The quantitative estimate of drug-likeness (QED) is 0.868. The number of nitrogens with zero attached hydrogens (tertiary/aromatic N) is 1. The van der Waals surface area contributed by atoms with Crippen LogP contribution in [0.4, 0.5) is 0 Å². The Bertz CT molecular complexity index is 429. The van der Waals surface area contributed by atoms with Crippen LogP contribution in [0, 0.1) is 0 Å². The SMILES string of the molecule is CC(=O)SCC=Cc1ccnc(C(=O)O)c1. The lowest BCUT2D eigenvalue weighted by Crippen LogP contribution is -1.99. The summed E-state index contributed by atoms with van der Waals surface area (Å²) in [6.45, 7) is 1.51. The van der Waals surface area contributed by atoms with E-state index < -0.39 is 5.97 Å². The van der Waals surface area contributed by atoms with Crippen molar-refractivity contribution >= 4 is 28.9 Å². The van der Waals surface area contributed by atoms with Crippen LogP contribution in [0.2, 0.25) is 0 Å². The molecule has 1 aromatic heterocycles. The van der Waals surface area contributed by atoms with E-state index in [1.54, 1.807) is 12.1 Å². The van der Waals surface area contributed by atoms with Gasteiger partial charge in [0.15, 0.2) is 5.12 Å². The predicted octanol–water partition coefficient (Wildman–Crippen LogP) is 2.07. The second kappa shape index (κ2) is 6.07.